The predicted octanol–water partition coefficient (Wildman–Crippen LogP) is 2.75. The molecule has 0 aliphatic rings. The Balaban J connectivity index is 2.43. The van der Waals surface area contributed by atoms with E-state index in [-0.39, 0.29) is 21.4 Å². The van der Waals surface area contributed by atoms with Gasteiger partial charge in [0, 0.05) is 17.8 Å². The molecule has 0 saturated carbocycles. The molecule has 0 fully saturated rings. The van der Waals surface area contributed by atoms with Crippen LogP contribution < -0.4 is 4.72 Å². The second kappa shape index (κ2) is 5.66. The van der Waals surface area contributed by atoms with E-state index in [1.165, 1.54) is 31.3 Å². The Hall–Kier alpha value is -2.19. The van der Waals surface area contributed by atoms with Gasteiger partial charge in [-0.15, -0.1) is 0 Å². The molecule has 1 aromatic carbocycles. The van der Waals surface area contributed by atoms with E-state index in [2.05, 4.69) is 9.71 Å². The average Bonchev–Trinajstić information content (AvgIpc) is 2.41. The lowest BCUT2D eigenvalue weighted by Crippen LogP contribution is -2.14. The summed E-state index contributed by atoms with van der Waals surface area (Å²) in [6.45, 7) is 1.53. The molecular weight excluding hydrogens is 318 g/mol. The van der Waals surface area contributed by atoms with Crippen molar-refractivity contribution in [1.82, 2.24) is 4.98 Å². The Morgan fingerprint density at radius 2 is 2.05 bits per heavy atom. The fourth-order valence-electron chi connectivity index (χ4n) is 1.60. The highest BCUT2D eigenvalue weighted by Crippen LogP contribution is 2.25. The zero-order valence-electron chi connectivity index (χ0n) is 10.8. The van der Waals surface area contributed by atoms with Gasteiger partial charge in [-0.2, -0.15) is 0 Å². The van der Waals surface area contributed by atoms with E-state index in [9.17, 15) is 18.5 Å². The smallest absolute Gasteiger partial charge is 0.262 e. The van der Waals surface area contributed by atoms with Crippen LogP contribution in [0.3, 0.4) is 0 Å². The van der Waals surface area contributed by atoms with E-state index in [4.69, 9.17) is 11.6 Å². The highest BCUT2D eigenvalue weighted by atomic mass is 35.5. The van der Waals surface area contributed by atoms with Crippen molar-refractivity contribution in [3.05, 3.63) is 57.2 Å². The molecule has 9 heteroatoms. The molecule has 110 valence electrons. The highest BCUT2D eigenvalue weighted by molar-refractivity contribution is 7.92. The van der Waals surface area contributed by atoms with Crippen molar-refractivity contribution < 1.29 is 13.3 Å². The minimum atomic E-state index is -4.01. The van der Waals surface area contributed by atoms with Crippen LogP contribution >= 0.6 is 11.6 Å². The summed E-state index contributed by atoms with van der Waals surface area (Å²) in [6.07, 6.45) is 1.38. The summed E-state index contributed by atoms with van der Waals surface area (Å²) in [6, 6.07) is 6.67. The number of benzene rings is 1. The van der Waals surface area contributed by atoms with Gasteiger partial charge in [-0.1, -0.05) is 17.7 Å². The van der Waals surface area contributed by atoms with E-state index < -0.39 is 14.9 Å². The summed E-state index contributed by atoms with van der Waals surface area (Å²) in [5, 5.41) is 11.0. The molecular formula is C12H10ClN3O4S. The van der Waals surface area contributed by atoms with Crippen molar-refractivity contribution in [2.24, 2.45) is 0 Å². The highest BCUT2D eigenvalue weighted by Gasteiger charge is 2.21. The van der Waals surface area contributed by atoms with E-state index in [0.717, 1.165) is 6.07 Å². The van der Waals surface area contributed by atoms with Gasteiger partial charge >= 0.3 is 0 Å². The molecule has 0 bridgehead atoms. The van der Waals surface area contributed by atoms with Gasteiger partial charge in [0.1, 0.15) is 0 Å². The number of nitrogens with one attached hydrogen (secondary N) is 1. The van der Waals surface area contributed by atoms with Crippen molar-refractivity contribution in [3.8, 4) is 0 Å². The van der Waals surface area contributed by atoms with Crippen molar-refractivity contribution in [1.29, 1.82) is 0 Å². The Kier molecular flexibility index (Phi) is 4.10. The average molecular weight is 328 g/mol. The maximum atomic E-state index is 12.2. The number of aromatic nitrogens is 1. The van der Waals surface area contributed by atoms with E-state index in [0.29, 0.717) is 5.56 Å². The molecule has 1 aromatic heterocycles. The van der Waals surface area contributed by atoms with Gasteiger partial charge in [0.05, 0.1) is 14.8 Å². The van der Waals surface area contributed by atoms with E-state index >= 15 is 0 Å². The molecule has 0 saturated heterocycles. The van der Waals surface area contributed by atoms with Gasteiger partial charge < -0.3 is 0 Å². The van der Waals surface area contributed by atoms with Crippen LogP contribution in [-0.4, -0.2) is 18.3 Å². The maximum Gasteiger partial charge on any atom is 0.273 e. The van der Waals surface area contributed by atoms with Crippen molar-refractivity contribution in [2.75, 3.05) is 4.72 Å². The minimum absolute atomic E-state index is 0.0394. The van der Waals surface area contributed by atoms with Crippen LogP contribution in [0.15, 0.2) is 41.4 Å². The third-order valence-electron chi connectivity index (χ3n) is 2.68. The van der Waals surface area contributed by atoms with Gasteiger partial charge in [0.15, 0.2) is 5.82 Å². The third-order valence-corrected chi connectivity index (χ3v) is 4.32. The second-order valence-electron chi connectivity index (χ2n) is 4.14. The number of nitro groups is 1. The van der Waals surface area contributed by atoms with Crippen LogP contribution in [0.1, 0.15) is 5.56 Å². The summed E-state index contributed by atoms with van der Waals surface area (Å²) in [7, 11) is -4.01. The van der Waals surface area contributed by atoms with Crippen LogP contribution in [0, 0.1) is 17.0 Å². The molecule has 2 aromatic rings. The number of hydrogen-bond donors (Lipinski definition) is 1. The molecule has 7 nitrogen and oxygen atoms in total. The lowest BCUT2D eigenvalue weighted by Gasteiger charge is -2.08. The van der Waals surface area contributed by atoms with E-state index in [1.54, 1.807) is 6.07 Å². The fraction of sp³-hybridized carbons (Fsp3) is 0.0833. The molecule has 21 heavy (non-hydrogen) atoms. The van der Waals surface area contributed by atoms with Crippen molar-refractivity contribution >= 4 is 33.1 Å². The molecule has 0 aliphatic carbocycles. The van der Waals surface area contributed by atoms with Gasteiger partial charge in [-0.3, -0.25) is 14.8 Å². The standard InChI is InChI=1S/C12H10ClN3O4S/c1-8-4-5-9(7-11(8)16(17)18)21(19,20)15-12-10(13)3-2-6-14-12/h2-7H,1H3,(H,14,15). The third kappa shape index (κ3) is 3.29. The number of halogens is 1. The number of anilines is 1. The summed E-state index contributed by atoms with van der Waals surface area (Å²) in [4.78, 5) is 13.8. The Labute approximate surface area is 125 Å². The largest absolute Gasteiger partial charge is 0.273 e. The normalized spacial score (nSPS) is 11.1. The van der Waals surface area contributed by atoms with Crippen LogP contribution in [0.5, 0.6) is 0 Å². The monoisotopic (exact) mass is 327 g/mol. The Bertz CT molecular complexity index is 808. The van der Waals surface area contributed by atoms with Crippen LogP contribution in [0.25, 0.3) is 0 Å². The molecule has 0 amide bonds. The van der Waals surface area contributed by atoms with E-state index in [1.807, 2.05) is 0 Å². The molecule has 0 radical (unpaired) electrons. The number of aryl methyl sites for hydroxylation is 1. The Morgan fingerprint density at radius 1 is 1.33 bits per heavy atom. The summed E-state index contributed by atoms with van der Waals surface area (Å²) < 4.78 is 26.6. The Morgan fingerprint density at radius 3 is 2.67 bits per heavy atom. The molecule has 1 heterocycles. The quantitative estimate of drug-likeness (QED) is 0.687. The summed E-state index contributed by atoms with van der Waals surface area (Å²) in [5.74, 6) is -0.0394. The fourth-order valence-corrected chi connectivity index (χ4v) is 2.87. The number of hydrogen-bond acceptors (Lipinski definition) is 5. The van der Waals surface area contributed by atoms with Crippen LogP contribution in [0.2, 0.25) is 5.02 Å². The first-order valence-corrected chi connectivity index (χ1v) is 7.56. The van der Waals surface area contributed by atoms with Gasteiger partial charge in [-0.25, -0.2) is 13.4 Å². The molecule has 2 rings (SSSR count). The van der Waals surface area contributed by atoms with Crippen molar-refractivity contribution in [3.63, 3.8) is 0 Å². The maximum absolute atomic E-state index is 12.2. The first-order chi connectivity index (χ1) is 9.81. The first kappa shape index (κ1) is 15.2. The second-order valence-corrected chi connectivity index (χ2v) is 6.23. The van der Waals surface area contributed by atoms with Crippen molar-refractivity contribution in [2.45, 2.75) is 11.8 Å². The topological polar surface area (TPSA) is 102 Å². The number of rotatable bonds is 4. The van der Waals surface area contributed by atoms with Gasteiger partial charge in [0.2, 0.25) is 0 Å². The lowest BCUT2D eigenvalue weighted by atomic mass is 10.2. The number of sulfonamides is 1. The summed E-state index contributed by atoms with van der Waals surface area (Å²) in [5.41, 5.74) is 0.0970. The molecule has 1 N–H and O–H groups in total. The first-order valence-electron chi connectivity index (χ1n) is 5.69. The zero-order valence-corrected chi connectivity index (χ0v) is 12.4. The van der Waals surface area contributed by atoms with Crippen LogP contribution in [0.4, 0.5) is 11.5 Å². The van der Waals surface area contributed by atoms with Gasteiger partial charge in [-0.05, 0) is 25.1 Å². The number of nitrogens with zero attached hydrogens (tertiary/aromatic N) is 2. The number of pyridine rings is 1. The number of nitro benzene ring substituents is 1. The minimum Gasteiger partial charge on any atom is -0.262 e. The predicted molar refractivity (Wildman–Crippen MR) is 77.9 cm³/mol. The molecule has 0 aliphatic heterocycles. The SMILES string of the molecule is Cc1ccc(S(=O)(=O)Nc2ncccc2Cl)cc1[N+](=O)[O-]. The molecule has 0 spiro atoms. The van der Waals surface area contributed by atoms with Crippen LogP contribution in [-0.2, 0) is 10.0 Å². The lowest BCUT2D eigenvalue weighted by molar-refractivity contribution is -0.385. The zero-order chi connectivity index (χ0) is 15.6. The molecule has 0 unspecified atom stereocenters. The van der Waals surface area contributed by atoms with Gasteiger partial charge in [0.25, 0.3) is 15.7 Å². The summed E-state index contributed by atoms with van der Waals surface area (Å²) >= 11 is 5.83. The molecule has 0 atom stereocenters.